The van der Waals surface area contributed by atoms with Gasteiger partial charge in [0.2, 0.25) is 0 Å². The topological polar surface area (TPSA) is 76.4 Å². The van der Waals surface area contributed by atoms with Gasteiger partial charge >= 0.3 is 0 Å². The first-order valence-electron chi connectivity index (χ1n) is 4.52. The molecule has 0 bridgehead atoms. The van der Waals surface area contributed by atoms with Gasteiger partial charge in [-0.25, -0.2) is 9.97 Å². The predicted octanol–water partition coefficient (Wildman–Crippen LogP) is 0.872. The number of hydrogen-bond acceptors (Lipinski definition) is 4. The number of aliphatic hydroxyl groups is 1. The average Bonchev–Trinajstić information content (AvgIpc) is 2.56. The molecule has 2 atom stereocenters. The largest absolute Gasteiger partial charge is 0.385 e. The number of fused-ring (bicyclic) bond motifs is 1. The van der Waals surface area contributed by atoms with Gasteiger partial charge in [-0.05, 0) is 28.9 Å². The SMILES string of the molecule is CC(N)C(O)c1nc2ccncn2c1Br. The molecule has 0 aliphatic carbocycles. The van der Waals surface area contributed by atoms with Crippen LogP contribution in [-0.4, -0.2) is 25.5 Å². The van der Waals surface area contributed by atoms with Crippen LogP contribution in [0.15, 0.2) is 23.2 Å². The van der Waals surface area contributed by atoms with Crippen LogP contribution in [-0.2, 0) is 0 Å². The average molecular weight is 271 g/mol. The molecular weight excluding hydrogens is 260 g/mol. The number of halogens is 1. The van der Waals surface area contributed by atoms with Crippen LogP contribution >= 0.6 is 15.9 Å². The molecule has 2 aromatic heterocycles. The van der Waals surface area contributed by atoms with Gasteiger partial charge in [0.1, 0.15) is 28.4 Å². The minimum Gasteiger partial charge on any atom is -0.385 e. The lowest BCUT2D eigenvalue weighted by Gasteiger charge is -2.11. The molecule has 3 N–H and O–H groups in total. The third-order valence-electron chi connectivity index (χ3n) is 2.17. The second kappa shape index (κ2) is 3.88. The van der Waals surface area contributed by atoms with E-state index in [2.05, 4.69) is 25.9 Å². The third kappa shape index (κ3) is 1.75. The van der Waals surface area contributed by atoms with E-state index in [4.69, 9.17) is 5.73 Å². The van der Waals surface area contributed by atoms with E-state index in [1.165, 1.54) is 0 Å². The first-order valence-corrected chi connectivity index (χ1v) is 5.31. The van der Waals surface area contributed by atoms with Crippen molar-refractivity contribution in [3.8, 4) is 0 Å². The fraction of sp³-hybridized carbons (Fsp3) is 0.333. The number of imidazole rings is 1. The summed E-state index contributed by atoms with van der Waals surface area (Å²) in [4.78, 5) is 8.25. The summed E-state index contributed by atoms with van der Waals surface area (Å²) in [7, 11) is 0. The molecule has 2 heterocycles. The molecule has 0 aromatic carbocycles. The number of hydrogen-bond donors (Lipinski definition) is 2. The summed E-state index contributed by atoms with van der Waals surface area (Å²) < 4.78 is 2.44. The van der Waals surface area contributed by atoms with Crippen LogP contribution in [0.25, 0.3) is 5.65 Å². The molecule has 0 aliphatic rings. The molecule has 15 heavy (non-hydrogen) atoms. The molecule has 0 spiro atoms. The maximum Gasteiger partial charge on any atom is 0.140 e. The predicted molar refractivity (Wildman–Crippen MR) is 59.3 cm³/mol. The van der Waals surface area contributed by atoms with E-state index >= 15 is 0 Å². The van der Waals surface area contributed by atoms with Gasteiger partial charge in [0.05, 0.1) is 0 Å². The van der Waals surface area contributed by atoms with Gasteiger partial charge < -0.3 is 10.8 Å². The van der Waals surface area contributed by atoms with Crippen molar-refractivity contribution in [1.82, 2.24) is 14.4 Å². The number of aliphatic hydroxyl groups excluding tert-OH is 1. The standard InChI is InChI=1S/C9H11BrN4O/c1-5(11)8(15)7-9(10)14-4-12-3-2-6(14)13-7/h2-5,8,15H,11H2,1H3. The summed E-state index contributed by atoms with van der Waals surface area (Å²) in [6.07, 6.45) is 2.50. The molecule has 0 fully saturated rings. The minimum atomic E-state index is -0.778. The molecule has 0 saturated carbocycles. The Kier molecular flexibility index (Phi) is 2.72. The summed E-state index contributed by atoms with van der Waals surface area (Å²) in [6.45, 7) is 1.74. The molecule has 2 aromatic rings. The summed E-state index contributed by atoms with van der Waals surface area (Å²) >= 11 is 3.37. The second-order valence-corrected chi connectivity index (χ2v) is 4.15. The Morgan fingerprint density at radius 3 is 2.93 bits per heavy atom. The molecule has 0 amide bonds. The van der Waals surface area contributed by atoms with Crippen LogP contribution in [0, 0.1) is 0 Å². The lowest BCUT2D eigenvalue weighted by Crippen LogP contribution is -2.24. The Morgan fingerprint density at radius 2 is 2.33 bits per heavy atom. The summed E-state index contributed by atoms with van der Waals surface area (Å²) in [5.41, 5.74) is 6.89. The van der Waals surface area contributed by atoms with Gasteiger partial charge in [-0.2, -0.15) is 0 Å². The highest BCUT2D eigenvalue weighted by Crippen LogP contribution is 2.25. The zero-order valence-corrected chi connectivity index (χ0v) is 9.72. The van der Waals surface area contributed by atoms with Crippen molar-refractivity contribution >= 4 is 21.6 Å². The van der Waals surface area contributed by atoms with Crippen LogP contribution in [0.1, 0.15) is 18.7 Å². The van der Waals surface area contributed by atoms with E-state index in [9.17, 15) is 5.11 Å². The van der Waals surface area contributed by atoms with Crippen molar-refractivity contribution in [1.29, 1.82) is 0 Å². The van der Waals surface area contributed by atoms with Crippen LogP contribution in [0.5, 0.6) is 0 Å². The highest BCUT2D eigenvalue weighted by molar-refractivity contribution is 9.10. The molecule has 6 heteroatoms. The number of nitrogens with zero attached hydrogens (tertiary/aromatic N) is 3. The number of rotatable bonds is 2. The zero-order chi connectivity index (χ0) is 11.0. The first-order chi connectivity index (χ1) is 7.11. The summed E-state index contributed by atoms with van der Waals surface area (Å²) in [5, 5.41) is 9.83. The Balaban J connectivity index is 2.58. The van der Waals surface area contributed by atoms with Gasteiger partial charge in [-0.1, -0.05) is 0 Å². The van der Waals surface area contributed by atoms with Crippen molar-refractivity contribution < 1.29 is 5.11 Å². The Hall–Kier alpha value is -0.980. The smallest absolute Gasteiger partial charge is 0.140 e. The van der Waals surface area contributed by atoms with Crippen LogP contribution in [0.2, 0.25) is 0 Å². The van der Waals surface area contributed by atoms with E-state index in [0.29, 0.717) is 10.3 Å². The van der Waals surface area contributed by atoms with E-state index < -0.39 is 6.10 Å². The van der Waals surface area contributed by atoms with Crippen molar-refractivity contribution in [3.05, 3.63) is 28.9 Å². The second-order valence-electron chi connectivity index (χ2n) is 3.40. The molecular formula is C9H11BrN4O. The van der Waals surface area contributed by atoms with Gasteiger partial charge in [-0.15, -0.1) is 0 Å². The Labute approximate surface area is 95.1 Å². The van der Waals surface area contributed by atoms with Crippen LogP contribution in [0.3, 0.4) is 0 Å². The maximum atomic E-state index is 9.83. The summed E-state index contributed by atoms with van der Waals surface area (Å²) in [5.74, 6) is 0. The van der Waals surface area contributed by atoms with E-state index in [1.807, 2.05) is 0 Å². The Morgan fingerprint density at radius 1 is 1.60 bits per heavy atom. The molecule has 0 radical (unpaired) electrons. The molecule has 2 rings (SSSR count). The zero-order valence-electron chi connectivity index (χ0n) is 8.13. The van der Waals surface area contributed by atoms with Gasteiger partial charge in [0.25, 0.3) is 0 Å². The Bertz CT molecular complexity index is 482. The maximum absolute atomic E-state index is 9.83. The number of nitrogens with two attached hydrogens (primary N) is 1. The monoisotopic (exact) mass is 270 g/mol. The van der Waals surface area contributed by atoms with E-state index in [-0.39, 0.29) is 6.04 Å². The highest BCUT2D eigenvalue weighted by Gasteiger charge is 2.20. The lowest BCUT2D eigenvalue weighted by molar-refractivity contribution is 0.148. The van der Waals surface area contributed by atoms with Crippen molar-refractivity contribution in [2.75, 3.05) is 0 Å². The fourth-order valence-corrected chi connectivity index (χ4v) is 1.92. The van der Waals surface area contributed by atoms with E-state index in [1.54, 1.807) is 29.9 Å². The molecule has 5 nitrogen and oxygen atoms in total. The van der Waals surface area contributed by atoms with Crippen molar-refractivity contribution in [2.45, 2.75) is 19.1 Å². The normalized spacial score (nSPS) is 15.5. The highest BCUT2D eigenvalue weighted by atomic mass is 79.9. The number of aromatic nitrogens is 3. The van der Waals surface area contributed by atoms with Gasteiger partial charge in [0, 0.05) is 12.2 Å². The van der Waals surface area contributed by atoms with Crippen molar-refractivity contribution in [2.24, 2.45) is 5.73 Å². The van der Waals surface area contributed by atoms with Crippen LogP contribution < -0.4 is 5.73 Å². The lowest BCUT2D eigenvalue weighted by atomic mass is 10.1. The minimum absolute atomic E-state index is 0.362. The van der Waals surface area contributed by atoms with Gasteiger partial charge in [-0.3, -0.25) is 4.40 Å². The molecule has 0 saturated heterocycles. The van der Waals surface area contributed by atoms with Gasteiger partial charge in [0.15, 0.2) is 0 Å². The molecule has 0 aliphatic heterocycles. The third-order valence-corrected chi connectivity index (χ3v) is 2.96. The van der Waals surface area contributed by atoms with Crippen LogP contribution in [0.4, 0.5) is 0 Å². The molecule has 80 valence electrons. The quantitative estimate of drug-likeness (QED) is 0.849. The fourth-order valence-electron chi connectivity index (χ4n) is 1.33. The van der Waals surface area contributed by atoms with E-state index in [0.717, 1.165) is 5.65 Å². The first kappa shape index (κ1) is 10.5. The summed E-state index contributed by atoms with van der Waals surface area (Å²) in [6, 6.07) is 1.40. The molecule has 2 unspecified atom stereocenters. The van der Waals surface area contributed by atoms with Crippen molar-refractivity contribution in [3.63, 3.8) is 0 Å².